The summed E-state index contributed by atoms with van der Waals surface area (Å²) in [4.78, 5) is 2.34. The second kappa shape index (κ2) is 11.0. The number of halogens is 2. The van der Waals surface area contributed by atoms with Crippen LogP contribution in [0.15, 0.2) is 0 Å². The molecule has 0 spiro atoms. The third-order valence-electron chi connectivity index (χ3n) is 2.84. The SMILES string of the molecule is CCN(CCO)CC1CCNCC1.Cl.Cl. The zero-order valence-corrected chi connectivity index (χ0v) is 11.1. The van der Waals surface area contributed by atoms with Crippen molar-refractivity contribution in [3.8, 4) is 0 Å². The molecule has 1 aliphatic rings. The van der Waals surface area contributed by atoms with E-state index in [1.807, 2.05) is 0 Å². The van der Waals surface area contributed by atoms with Gasteiger partial charge in [0, 0.05) is 13.1 Å². The van der Waals surface area contributed by atoms with Gasteiger partial charge in [-0.05, 0) is 38.4 Å². The van der Waals surface area contributed by atoms with Gasteiger partial charge in [0.25, 0.3) is 0 Å². The molecule has 0 unspecified atom stereocenters. The van der Waals surface area contributed by atoms with E-state index < -0.39 is 0 Å². The second-order valence-corrected chi connectivity index (χ2v) is 3.81. The highest BCUT2D eigenvalue weighted by atomic mass is 35.5. The quantitative estimate of drug-likeness (QED) is 0.777. The lowest BCUT2D eigenvalue weighted by molar-refractivity contribution is 0.169. The van der Waals surface area contributed by atoms with Gasteiger partial charge in [-0.15, -0.1) is 24.8 Å². The predicted molar refractivity (Wildman–Crippen MR) is 69.3 cm³/mol. The summed E-state index contributed by atoms with van der Waals surface area (Å²) in [6, 6.07) is 0. The normalized spacial score (nSPS) is 17.0. The van der Waals surface area contributed by atoms with Crippen LogP contribution in [0.25, 0.3) is 0 Å². The Kier molecular flexibility index (Phi) is 13.0. The molecule has 0 aliphatic carbocycles. The lowest BCUT2D eigenvalue weighted by atomic mass is 9.97. The second-order valence-electron chi connectivity index (χ2n) is 3.81. The van der Waals surface area contributed by atoms with E-state index in [2.05, 4.69) is 17.1 Å². The summed E-state index contributed by atoms with van der Waals surface area (Å²) in [5.41, 5.74) is 0. The standard InChI is InChI=1S/C10H22N2O.2ClH/c1-2-12(7-8-13)9-10-3-5-11-6-4-10;;/h10-11,13H,2-9H2,1H3;2*1H. The van der Waals surface area contributed by atoms with Crippen LogP contribution < -0.4 is 5.32 Å². The summed E-state index contributed by atoms with van der Waals surface area (Å²) >= 11 is 0. The van der Waals surface area contributed by atoms with Gasteiger partial charge in [0.2, 0.25) is 0 Å². The number of nitrogens with one attached hydrogen (secondary N) is 1. The number of rotatable bonds is 5. The van der Waals surface area contributed by atoms with E-state index >= 15 is 0 Å². The van der Waals surface area contributed by atoms with E-state index in [4.69, 9.17) is 5.11 Å². The Labute approximate surface area is 105 Å². The Morgan fingerprint density at radius 2 is 1.87 bits per heavy atom. The number of likely N-dealkylation sites (N-methyl/N-ethyl adjacent to an activating group) is 1. The van der Waals surface area contributed by atoms with E-state index in [1.54, 1.807) is 0 Å². The molecule has 1 fully saturated rings. The van der Waals surface area contributed by atoms with Gasteiger partial charge in [-0.2, -0.15) is 0 Å². The highest BCUT2D eigenvalue weighted by Crippen LogP contribution is 2.12. The average Bonchev–Trinajstić information content (AvgIpc) is 2.19. The van der Waals surface area contributed by atoms with Crippen LogP contribution >= 0.6 is 24.8 Å². The molecule has 0 saturated carbocycles. The summed E-state index contributed by atoms with van der Waals surface area (Å²) in [7, 11) is 0. The summed E-state index contributed by atoms with van der Waals surface area (Å²) in [5, 5.41) is 12.2. The van der Waals surface area contributed by atoms with E-state index in [-0.39, 0.29) is 24.8 Å². The molecule has 0 aromatic rings. The Balaban J connectivity index is 0. The summed E-state index contributed by atoms with van der Waals surface area (Å²) in [6.07, 6.45) is 2.59. The Morgan fingerprint density at radius 1 is 1.27 bits per heavy atom. The van der Waals surface area contributed by atoms with Gasteiger partial charge < -0.3 is 15.3 Å². The fourth-order valence-electron chi connectivity index (χ4n) is 1.95. The molecule has 1 heterocycles. The van der Waals surface area contributed by atoms with Crippen molar-refractivity contribution in [2.75, 3.05) is 39.3 Å². The Morgan fingerprint density at radius 3 is 2.33 bits per heavy atom. The summed E-state index contributed by atoms with van der Waals surface area (Å²) in [5.74, 6) is 0.841. The van der Waals surface area contributed by atoms with Crippen LogP contribution in [0.3, 0.4) is 0 Å². The number of hydrogen-bond donors (Lipinski definition) is 2. The fraction of sp³-hybridized carbons (Fsp3) is 1.00. The molecule has 0 bridgehead atoms. The molecule has 0 radical (unpaired) electrons. The van der Waals surface area contributed by atoms with Crippen molar-refractivity contribution in [1.82, 2.24) is 10.2 Å². The van der Waals surface area contributed by atoms with Gasteiger partial charge in [0.15, 0.2) is 0 Å². The van der Waals surface area contributed by atoms with Crippen LogP contribution in [0.4, 0.5) is 0 Å². The van der Waals surface area contributed by atoms with E-state index in [1.165, 1.54) is 32.5 Å². The third kappa shape index (κ3) is 7.36. The molecule has 0 aromatic heterocycles. The summed E-state index contributed by atoms with van der Waals surface area (Å²) in [6.45, 7) is 7.85. The number of aliphatic hydroxyl groups is 1. The van der Waals surface area contributed by atoms with E-state index in [0.717, 1.165) is 19.0 Å². The molecular weight excluding hydrogens is 235 g/mol. The smallest absolute Gasteiger partial charge is 0.0558 e. The number of nitrogens with zero attached hydrogens (tertiary/aromatic N) is 1. The van der Waals surface area contributed by atoms with Crippen LogP contribution in [0.1, 0.15) is 19.8 Å². The van der Waals surface area contributed by atoms with Crippen LogP contribution in [0.5, 0.6) is 0 Å². The number of aliphatic hydroxyl groups excluding tert-OH is 1. The minimum Gasteiger partial charge on any atom is -0.395 e. The van der Waals surface area contributed by atoms with Crippen molar-refractivity contribution in [1.29, 1.82) is 0 Å². The Bertz CT molecular complexity index is 130. The van der Waals surface area contributed by atoms with Crippen LogP contribution in [0.2, 0.25) is 0 Å². The molecule has 3 nitrogen and oxygen atoms in total. The average molecular weight is 259 g/mol. The third-order valence-corrected chi connectivity index (χ3v) is 2.84. The highest BCUT2D eigenvalue weighted by Gasteiger charge is 2.15. The zero-order valence-electron chi connectivity index (χ0n) is 9.45. The minimum absolute atomic E-state index is 0. The van der Waals surface area contributed by atoms with Crippen molar-refractivity contribution in [2.45, 2.75) is 19.8 Å². The van der Waals surface area contributed by atoms with Crippen molar-refractivity contribution in [3.63, 3.8) is 0 Å². The van der Waals surface area contributed by atoms with Gasteiger partial charge >= 0.3 is 0 Å². The molecule has 0 atom stereocenters. The van der Waals surface area contributed by atoms with Gasteiger partial charge in [-0.3, -0.25) is 0 Å². The fourth-order valence-corrected chi connectivity index (χ4v) is 1.95. The molecule has 0 aromatic carbocycles. The first kappa shape index (κ1) is 17.8. The highest BCUT2D eigenvalue weighted by molar-refractivity contribution is 5.85. The zero-order chi connectivity index (χ0) is 9.52. The van der Waals surface area contributed by atoms with Crippen LogP contribution in [0, 0.1) is 5.92 Å². The molecule has 1 rings (SSSR count). The Hall–Kier alpha value is 0.460. The van der Waals surface area contributed by atoms with Gasteiger partial charge in [-0.25, -0.2) is 0 Å². The van der Waals surface area contributed by atoms with Crippen molar-refractivity contribution in [2.24, 2.45) is 5.92 Å². The molecule has 1 aliphatic heterocycles. The first-order valence-electron chi connectivity index (χ1n) is 5.40. The first-order valence-corrected chi connectivity index (χ1v) is 5.40. The van der Waals surface area contributed by atoms with Gasteiger partial charge in [0.1, 0.15) is 0 Å². The van der Waals surface area contributed by atoms with E-state index in [9.17, 15) is 0 Å². The monoisotopic (exact) mass is 258 g/mol. The van der Waals surface area contributed by atoms with Crippen molar-refractivity contribution in [3.05, 3.63) is 0 Å². The lowest BCUT2D eigenvalue weighted by Gasteiger charge is -2.28. The molecule has 5 heteroatoms. The molecule has 2 N–H and O–H groups in total. The molecule has 1 saturated heterocycles. The molecular formula is C10H24Cl2N2O. The van der Waals surface area contributed by atoms with Gasteiger partial charge in [0.05, 0.1) is 6.61 Å². The van der Waals surface area contributed by atoms with Crippen LogP contribution in [-0.2, 0) is 0 Å². The van der Waals surface area contributed by atoms with E-state index in [0.29, 0.717) is 6.61 Å². The number of hydrogen-bond acceptors (Lipinski definition) is 3. The minimum atomic E-state index is 0. The molecule has 15 heavy (non-hydrogen) atoms. The van der Waals surface area contributed by atoms with Crippen LogP contribution in [-0.4, -0.2) is 49.3 Å². The maximum absolute atomic E-state index is 8.84. The maximum Gasteiger partial charge on any atom is 0.0558 e. The molecule has 0 amide bonds. The first-order chi connectivity index (χ1) is 6.36. The largest absolute Gasteiger partial charge is 0.395 e. The van der Waals surface area contributed by atoms with Crippen molar-refractivity contribution >= 4 is 24.8 Å². The van der Waals surface area contributed by atoms with Gasteiger partial charge in [-0.1, -0.05) is 6.92 Å². The molecule has 94 valence electrons. The number of piperidine rings is 1. The lowest BCUT2D eigenvalue weighted by Crippen LogP contribution is -2.37. The van der Waals surface area contributed by atoms with Crippen molar-refractivity contribution < 1.29 is 5.11 Å². The topological polar surface area (TPSA) is 35.5 Å². The maximum atomic E-state index is 8.84. The predicted octanol–water partition coefficient (Wildman–Crippen LogP) is 1.14. The summed E-state index contributed by atoms with van der Waals surface area (Å²) < 4.78 is 0.